The lowest BCUT2D eigenvalue weighted by Gasteiger charge is -2.07. The van der Waals surface area contributed by atoms with E-state index in [0.29, 0.717) is 11.5 Å². The molecule has 3 rings (SSSR count). The summed E-state index contributed by atoms with van der Waals surface area (Å²) in [5.74, 6) is -0.497. The summed E-state index contributed by atoms with van der Waals surface area (Å²) < 4.78 is 28.4. The second kappa shape index (κ2) is 4.78. The van der Waals surface area contributed by atoms with Crippen LogP contribution in [0.15, 0.2) is 36.7 Å². The number of hydrogen-bond acceptors (Lipinski definition) is 1. The summed E-state index contributed by atoms with van der Waals surface area (Å²) in [6, 6.07) is 5.28. The lowest BCUT2D eigenvalue weighted by Crippen LogP contribution is -2.01. The fraction of sp³-hybridized carbons (Fsp3) is 0.333. The van der Waals surface area contributed by atoms with Crippen molar-refractivity contribution in [3.63, 3.8) is 0 Å². The Morgan fingerprint density at radius 1 is 1.26 bits per heavy atom. The van der Waals surface area contributed by atoms with E-state index in [-0.39, 0.29) is 6.54 Å². The molecule has 1 fully saturated rings. The molecule has 0 aliphatic heterocycles. The number of aromatic nitrogens is 1. The van der Waals surface area contributed by atoms with Gasteiger partial charge < -0.3 is 9.67 Å². The molecule has 0 amide bonds. The predicted molar refractivity (Wildman–Crippen MR) is 67.6 cm³/mol. The van der Waals surface area contributed by atoms with Crippen LogP contribution in [0.3, 0.4) is 0 Å². The molecule has 0 radical (unpaired) electrons. The van der Waals surface area contributed by atoms with E-state index in [9.17, 15) is 13.9 Å². The van der Waals surface area contributed by atoms with Crippen molar-refractivity contribution >= 4 is 0 Å². The smallest absolute Gasteiger partial charge is 0.128 e. The first-order chi connectivity index (χ1) is 9.13. The van der Waals surface area contributed by atoms with Crippen LogP contribution in [-0.4, -0.2) is 9.67 Å². The molecule has 1 aliphatic rings. The van der Waals surface area contributed by atoms with Gasteiger partial charge in [-0.2, -0.15) is 0 Å². The molecule has 19 heavy (non-hydrogen) atoms. The number of nitrogens with zero attached hydrogens (tertiary/aromatic N) is 1. The molecule has 1 heterocycles. The Morgan fingerprint density at radius 3 is 2.79 bits per heavy atom. The number of aliphatic hydroxyl groups is 1. The summed E-state index contributed by atoms with van der Waals surface area (Å²) in [6.07, 6.45) is 5.27. The Morgan fingerprint density at radius 2 is 2.05 bits per heavy atom. The first-order valence-electron chi connectivity index (χ1n) is 6.41. The van der Waals surface area contributed by atoms with Crippen molar-refractivity contribution in [2.75, 3.05) is 0 Å². The first-order valence-corrected chi connectivity index (χ1v) is 6.41. The van der Waals surface area contributed by atoms with Crippen LogP contribution in [0.25, 0.3) is 0 Å². The lowest BCUT2D eigenvalue weighted by atomic mass is 10.1. The first kappa shape index (κ1) is 12.4. The molecule has 0 bridgehead atoms. The molecule has 2 nitrogen and oxygen atoms in total. The SMILES string of the molecule is OC(c1ccn(Cc2cc(F)ccc2F)c1)C1CC1. The zero-order valence-electron chi connectivity index (χ0n) is 10.4. The maximum absolute atomic E-state index is 13.5. The zero-order valence-corrected chi connectivity index (χ0v) is 10.4. The molecular weight excluding hydrogens is 248 g/mol. The minimum atomic E-state index is -0.443. The molecule has 1 N–H and O–H groups in total. The van der Waals surface area contributed by atoms with Gasteiger partial charge in [-0.25, -0.2) is 8.78 Å². The topological polar surface area (TPSA) is 25.2 Å². The zero-order chi connectivity index (χ0) is 13.4. The van der Waals surface area contributed by atoms with Crippen LogP contribution in [0.1, 0.15) is 30.1 Å². The summed E-state index contributed by atoms with van der Waals surface area (Å²) in [6.45, 7) is 0.265. The van der Waals surface area contributed by atoms with Crippen molar-refractivity contribution < 1.29 is 13.9 Å². The summed E-state index contributed by atoms with van der Waals surface area (Å²) in [4.78, 5) is 0. The van der Waals surface area contributed by atoms with Crippen molar-refractivity contribution in [1.82, 2.24) is 4.57 Å². The van der Waals surface area contributed by atoms with E-state index in [0.717, 1.165) is 30.5 Å². The van der Waals surface area contributed by atoms with Crippen molar-refractivity contribution in [2.24, 2.45) is 5.92 Å². The van der Waals surface area contributed by atoms with Gasteiger partial charge >= 0.3 is 0 Å². The van der Waals surface area contributed by atoms with Gasteiger partial charge in [-0.1, -0.05) is 0 Å². The molecule has 0 saturated heterocycles. The monoisotopic (exact) mass is 263 g/mol. The van der Waals surface area contributed by atoms with Crippen LogP contribution in [0.2, 0.25) is 0 Å². The van der Waals surface area contributed by atoms with Gasteiger partial charge in [-0.15, -0.1) is 0 Å². The van der Waals surface area contributed by atoms with Gasteiger partial charge in [-0.3, -0.25) is 0 Å². The summed E-state index contributed by atoms with van der Waals surface area (Å²) >= 11 is 0. The molecular formula is C15H15F2NO. The van der Waals surface area contributed by atoms with Gasteiger partial charge in [0.2, 0.25) is 0 Å². The number of halogens is 2. The number of hydrogen-bond donors (Lipinski definition) is 1. The average Bonchev–Trinajstić information content (AvgIpc) is 3.13. The molecule has 1 unspecified atom stereocenters. The van der Waals surface area contributed by atoms with Crippen LogP contribution in [0.5, 0.6) is 0 Å². The van der Waals surface area contributed by atoms with E-state index in [2.05, 4.69) is 0 Å². The predicted octanol–water partition coefficient (Wildman–Crippen LogP) is 3.26. The second-order valence-electron chi connectivity index (χ2n) is 5.14. The van der Waals surface area contributed by atoms with Gasteiger partial charge in [0.1, 0.15) is 11.6 Å². The maximum Gasteiger partial charge on any atom is 0.128 e. The lowest BCUT2D eigenvalue weighted by molar-refractivity contribution is 0.154. The van der Waals surface area contributed by atoms with Crippen molar-refractivity contribution in [3.05, 3.63) is 59.4 Å². The molecule has 1 aromatic heterocycles. The standard InChI is InChI=1S/C15H15F2NO/c16-13-3-4-14(17)12(7-13)9-18-6-5-11(8-18)15(19)10-1-2-10/h3-8,10,15,19H,1-2,9H2. The third-order valence-corrected chi connectivity index (χ3v) is 3.54. The minimum absolute atomic E-state index is 0.265. The summed E-state index contributed by atoms with van der Waals surface area (Å²) in [7, 11) is 0. The highest BCUT2D eigenvalue weighted by atomic mass is 19.1. The average molecular weight is 263 g/mol. The van der Waals surface area contributed by atoms with E-state index in [1.54, 1.807) is 17.0 Å². The number of aliphatic hydroxyl groups excluding tert-OH is 1. The minimum Gasteiger partial charge on any atom is -0.388 e. The Labute approximate surface area is 110 Å². The van der Waals surface area contributed by atoms with Gasteiger partial charge in [0.15, 0.2) is 0 Å². The molecule has 4 heteroatoms. The van der Waals surface area contributed by atoms with E-state index >= 15 is 0 Å². The Kier molecular flexibility index (Phi) is 3.11. The molecule has 1 aliphatic carbocycles. The van der Waals surface area contributed by atoms with E-state index in [1.807, 2.05) is 6.07 Å². The van der Waals surface area contributed by atoms with Crippen LogP contribution in [0.4, 0.5) is 8.78 Å². The highest BCUT2D eigenvalue weighted by molar-refractivity contribution is 5.21. The van der Waals surface area contributed by atoms with E-state index < -0.39 is 17.7 Å². The molecule has 1 aromatic carbocycles. The Bertz CT molecular complexity index is 590. The third kappa shape index (κ3) is 2.68. The summed E-state index contributed by atoms with van der Waals surface area (Å²) in [5, 5.41) is 9.99. The Hall–Kier alpha value is -1.68. The van der Waals surface area contributed by atoms with E-state index in [4.69, 9.17) is 0 Å². The van der Waals surface area contributed by atoms with Crippen LogP contribution in [-0.2, 0) is 6.54 Å². The van der Waals surface area contributed by atoms with Gasteiger partial charge in [0.25, 0.3) is 0 Å². The molecule has 1 atom stereocenters. The van der Waals surface area contributed by atoms with Gasteiger partial charge in [-0.05, 0) is 48.6 Å². The van der Waals surface area contributed by atoms with Gasteiger partial charge in [0, 0.05) is 24.5 Å². The van der Waals surface area contributed by atoms with Crippen molar-refractivity contribution in [3.8, 4) is 0 Å². The maximum atomic E-state index is 13.5. The Balaban J connectivity index is 1.77. The van der Waals surface area contributed by atoms with Crippen LogP contribution < -0.4 is 0 Å². The normalized spacial score (nSPS) is 16.6. The third-order valence-electron chi connectivity index (χ3n) is 3.54. The molecule has 100 valence electrons. The van der Waals surface area contributed by atoms with E-state index in [1.165, 1.54) is 6.07 Å². The molecule has 2 aromatic rings. The highest BCUT2D eigenvalue weighted by Crippen LogP contribution is 2.40. The summed E-state index contributed by atoms with van der Waals surface area (Å²) in [5.41, 5.74) is 1.15. The highest BCUT2D eigenvalue weighted by Gasteiger charge is 2.31. The van der Waals surface area contributed by atoms with Gasteiger partial charge in [0.05, 0.1) is 6.10 Å². The quantitative estimate of drug-likeness (QED) is 0.900. The van der Waals surface area contributed by atoms with Crippen molar-refractivity contribution in [1.29, 1.82) is 0 Å². The van der Waals surface area contributed by atoms with Crippen LogP contribution >= 0.6 is 0 Å². The second-order valence-corrected chi connectivity index (χ2v) is 5.14. The molecule has 0 spiro atoms. The van der Waals surface area contributed by atoms with Crippen molar-refractivity contribution in [2.45, 2.75) is 25.5 Å². The fourth-order valence-corrected chi connectivity index (χ4v) is 2.28. The van der Waals surface area contributed by atoms with Crippen LogP contribution in [0, 0.1) is 17.6 Å². The number of rotatable bonds is 4. The largest absolute Gasteiger partial charge is 0.388 e. The number of benzene rings is 1. The fourth-order valence-electron chi connectivity index (χ4n) is 2.28. The molecule has 1 saturated carbocycles.